The Bertz CT molecular complexity index is 1440. The summed E-state index contributed by atoms with van der Waals surface area (Å²) in [5.74, 6) is -2.14. The maximum absolute atomic E-state index is 13.8. The lowest BCUT2D eigenvalue weighted by Gasteiger charge is -2.35. The van der Waals surface area contributed by atoms with Gasteiger partial charge in [0.1, 0.15) is 11.6 Å². The predicted molar refractivity (Wildman–Crippen MR) is 139 cm³/mol. The number of amides is 1. The van der Waals surface area contributed by atoms with Crippen LogP contribution in [0, 0.1) is 11.6 Å². The van der Waals surface area contributed by atoms with Crippen molar-refractivity contribution in [3.05, 3.63) is 70.9 Å². The van der Waals surface area contributed by atoms with Gasteiger partial charge in [0, 0.05) is 55.6 Å². The molecule has 0 unspecified atom stereocenters. The van der Waals surface area contributed by atoms with Gasteiger partial charge in [0.25, 0.3) is 5.91 Å². The molecule has 1 saturated heterocycles. The standard InChI is InChI=1S/C26H30F2N6O3S/c1-4-32-9-11-33(12-10-32)20-7-5-17(6-8-20)25(35)29-24-22-16-34(26(2,3)23(22)30-31-24)38(36,37)21-14-18(27)13-19(28)15-21/h5-8,13-15H,4,9-12,16H2,1-3H3,(H2,29,30,31,35). The minimum absolute atomic E-state index is 0.127. The number of anilines is 2. The van der Waals surface area contributed by atoms with Gasteiger partial charge in [-0.25, -0.2) is 17.2 Å². The van der Waals surface area contributed by atoms with Crippen LogP contribution in [0.15, 0.2) is 47.4 Å². The molecule has 0 bridgehead atoms. The van der Waals surface area contributed by atoms with Gasteiger partial charge in [0.05, 0.1) is 16.1 Å². The molecular formula is C26H30F2N6O3S. The molecule has 5 rings (SSSR count). The highest BCUT2D eigenvalue weighted by Gasteiger charge is 2.48. The minimum Gasteiger partial charge on any atom is -0.369 e. The monoisotopic (exact) mass is 544 g/mol. The van der Waals surface area contributed by atoms with Gasteiger partial charge in [-0.1, -0.05) is 6.92 Å². The highest BCUT2D eigenvalue weighted by atomic mass is 32.2. The fourth-order valence-electron chi connectivity index (χ4n) is 5.11. The lowest BCUT2D eigenvalue weighted by Crippen LogP contribution is -2.46. The number of likely N-dealkylation sites (N-methyl/N-ethyl adjacent to an activating group) is 1. The van der Waals surface area contributed by atoms with Crippen LogP contribution in [0.25, 0.3) is 0 Å². The molecule has 12 heteroatoms. The van der Waals surface area contributed by atoms with Crippen LogP contribution in [0.3, 0.4) is 0 Å². The van der Waals surface area contributed by atoms with Crippen molar-refractivity contribution in [1.29, 1.82) is 0 Å². The summed E-state index contributed by atoms with van der Waals surface area (Å²) in [6, 6.07) is 9.53. The molecule has 3 heterocycles. The molecule has 38 heavy (non-hydrogen) atoms. The third-order valence-corrected chi connectivity index (χ3v) is 9.37. The van der Waals surface area contributed by atoms with E-state index >= 15 is 0 Å². The first-order valence-corrected chi connectivity index (χ1v) is 13.9. The molecule has 0 radical (unpaired) electrons. The smallest absolute Gasteiger partial charge is 0.256 e. The quantitative estimate of drug-likeness (QED) is 0.493. The molecule has 0 saturated carbocycles. The van der Waals surface area contributed by atoms with Gasteiger partial charge >= 0.3 is 0 Å². The number of carbonyl (C=O) groups is 1. The zero-order chi connectivity index (χ0) is 27.2. The van der Waals surface area contributed by atoms with Gasteiger partial charge in [-0.05, 0) is 56.8 Å². The second-order valence-corrected chi connectivity index (χ2v) is 11.9. The number of nitrogens with zero attached hydrogens (tertiary/aromatic N) is 4. The Morgan fingerprint density at radius 1 is 1.05 bits per heavy atom. The van der Waals surface area contributed by atoms with Crippen molar-refractivity contribution >= 4 is 27.4 Å². The van der Waals surface area contributed by atoms with E-state index in [0.29, 0.717) is 22.9 Å². The Labute approximate surface area is 220 Å². The maximum Gasteiger partial charge on any atom is 0.256 e. The summed E-state index contributed by atoms with van der Waals surface area (Å²) < 4.78 is 55.4. The van der Waals surface area contributed by atoms with Gasteiger partial charge < -0.3 is 15.1 Å². The Kier molecular flexibility index (Phi) is 6.74. The summed E-state index contributed by atoms with van der Waals surface area (Å²) in [5, 5.41) is 9.83. The molecule has 0 spiro atoms. The average molecular weight is 545 g/mol. The topological polar surface area (TPSA) is 102 Å². The summed E-state index contributed by atoms with van der Waals surface area (Å²) >= 11 is 0. The molecule has 2 N–H and O–H groups in total. The van der Waals surface area contributed by atoms with Crippen molar-refractivity contribution in [1.82, 2.24) is 19.4 Å². The second kappa shape index (κ2) is 9.75. The number of hydrogen-bond acceptors (Lipinski definition) is 6. The summed E-state index contributed by atoms with van der Waals surface area (Å²) in [4.78, 5) is 17.2. The van der Waals surface area contributed by atoms with Crippen LogP contribution in [-0.2, 0) is 22.1 Å². The summed E-state index contributed by atoms with van der Waals surface area (Å²) in [7, 11) is -4.26. The van der Waals surface area contributed by atoms with Crippen molar-refractivity contribution in [3.63, 3.8) is 0 Å². The van der Waals surface area contributed by atoms with E-state index in [9.17, 15) is 22.0 Å². The van der Waals surface area contributed by atoms with Crippen molar-refractivity contribution in [2.24, 2.45) is 0 Å². The molecule has 9 nitrogen and oxygen atoms in total. The number of halogens is 2. The Morgan fingerprint density at radius 3 is 2.29 bits per heavy atom. The highest BCUT2D eigenvalue weighted by Crippen LogP contribution is 2.43. The Hall–Kier alpha value is -3.35. The maximum atomic E-state index is 13.8. The van der Waals surface area contributed by atoms with E-state index < -0.39 is 32.1 Å². The number of fused-ring (bicyclic) bond motifs is 1. The summed E-state index contributed by atoms with van der Waals surface area (Å²) in [5.41, 5.74) is 1.38. The molecule has 1 aromatic heterocycles. The third-order valence-electron chi connectivity index (χ3n) is 7.37. The molecule has 2 aliphatic heterocycles. The van der Waals surface area contributed by atoms with Crippen LogP contribution in [0.1, 0.15) is 42.4 Å². The first kappa shape index (κ1) is 26.3. The van der Waals surface area contributed by atoms with Gasteiger partial charge in [-0.15, -0.1) is 0 Å². The fraction of sp³-hybridized carbons (Fsp3) is 0.385. The van der Waals surface area contributed by atoms with E-state index in [1.807, 2.05) is 12.1 Å². The first-order valence-electron chi connectivity index (χ1n) is 12.5. The van der Waals surface area contributed by atoms with Crippen LogP contribution >= 0.6 is 0 Å². The van der Waals surface area contributed by atoms with Crippen LogP contribution in [0.2, 0.25) is 0 Å². The van der Waals surface area contributed by atoms with E-state index in [1.54, 1.807) is 26.0 Å². The van der Waals surface area contributed by atoms with Crippen LogP contribution < -0.4 is 10.2 Å². The normalized spacial score (nSPS) is 18.0. The summed E-state index contributed by atoms with van der Waals surface area (Å²) in [6.07, 6.45) is 0. The van der Waals surface area contributed by atoms with Crippen LogP contribution in [0.4, 0.5) is 20.3 Å². The number of H-pyrrole nitrogens is 1. The molecule has 202 valence electrons. The number of hydrogen-bond donors (Lipinski definition) is 2. The lowest BCUT2D eigenvalue weighted by molar-refractivity contribution is 0.102. The van der Waals surface area contributed by atoms with Crippen LogP contribution in [-0.4, -0.2) is 66.5 Å². The van der Waals surface area contributed by atoms with E-state index in [4.69, 9.17) is 0 Å². The van der Waals surface area contributed by atoms with E-state index in [1.165, 1.54) is 0 Å². The molecule has 2 aliphatic rings. The number of aromatic amines is 1. The van der Waals surface area contributed by atoms with Gasteiger partial charge in [-0.2, -0.15) is 9.40 Å². The number of piperazine rings is 1. The van der Waals surface area contributed by atoms with Gasteiger partial charge in [0.15, 0.2) is 5.82 Å². The van der Waals surface area contributed by atoms with Crippen molar-refractivity contribution < 1.29 is 22.0 Å². The number of benzene rings is 2. The summed E-state index contributed by atoms with van der Waals surface area (Å²) in [6.45, 7) is 10.2. The van der Waals surface area contributed by atoms with Crippen molar-refractivity contribution in [2.75, 3.05) is 42.9 Å². The molecule has 2 aromatic carbocycles. The second-order valence-electron chi connectivity index (χ2n) is 10.0. The number of carbonyl (C=O) groups excluding carboxylic acids is 1. The van der Waals surface area contributed by atoms with Crippen molar-refractivity contribution in [3.8, 4) is 0 Å². The zero-order valence-corrected chi connectivity index (χ0v) is 22.3. The SMILES string of the molecule is CCN1CCN(c2ccc(C(=O)Nc3n[nH]c4c3CN(S(=O)(=O)c3cc(F)cc(F)c3)C4(C)C)cc2)CC1. The molecule has 0 aliphatic carbocycles. The first-order chi connectivity index (χ1) is 18.0. The van der Waals surface area contributed by atoms with Crippen molar-refractivity contribution in [2.45, 2.75) is 37.8 Å². The minimum atomic E-state index is -4.26. The van der Waals surface area contributed by atoms with Gasteiger partial charge in [0.2, 0.25) is 10.0 Å². The van der Waals surface area contributed by atoms with Crippen LogP contribution in [0.5, 0.6) is 0 Å². The van der Waals surface area contributed by atoms with E-state index in [2.05, 4.69) is 32.2 Å². The zero-order valence-electron chi connectivity index (χ0n) is 21.5. The molecule has 3 aromatic rings. The molecule has 1 fully saturated rings. The number of sulfonamides is 1. The number of aromatic nitrogens is 2. The third kappa shape index (κ3) is 4.67. The average Bonchev–Trinajstić information content (AvgIpc) is 3.41. The number of rotatable bonds is 6. The largest absolute Gasteiger partial charge is 0.369 e. The lowest BCUT2D eigenvalue weighted by atomic mass is 10.0. The number of nitrogens with one attached hydrogen (secondary N) is 2. The fourth-order valence-corrected chi connectivity index (χ4v) is 6.88. The molecular weight excluding hydrogens is 514 g/mol. The van der Waals surface area contributed by atoms with E-state index in [0.717, 1.165) is 54.8 Å². The van der Waals surface area contributed by atoms with Gasteiger partial charge in [-0.3, -0.25) is 9.89 Å². The predicted octanol–water partition coefficient (Wildman–Crippen LogP) is 3.52. The molecule has 0 atom stereocenters. The Balaban J connectivity index is 1.32. The Morgan fingerprint density at radius 2 is 1.68 bits per heavy atom. The van der Waals surface area contributed by atoms with E-state index in [-0.39, 0.29) is 18.3 Å². The molecule has 1 amide bonds. The highest BCUT2D eigenvalue weighted by molar-refractivity contribution is 7.89.